The molecule has 1 unspecified atom stereocenters. The van der Waals surface area contributed by atoms with Crippen LogP contribution >= 0.6 is 0 Å². The summed E-state index contributed by atoms with van der Waals surface area (Å²) in [6.07, 6.45) is -2.93. The summed E-state index contributed by atoms with van der Waals surface area (Å²) >= 11 is 0. The highest BCUT2D eigenvalue weighted by Gasteiger charge is 2.32. The Bertz CT molecular complexity index is 747. The van der Waals surface area contributed by atoms with Gasteiger partial charge in [0.05, 0.1) is 12.1 Å². The Kier molecular flexibility index (Phi) is 4.60. The van der Waals surface area contributed by atoms with Crippen LogP contribution in [-0.4, -0.2) is 37.5 Å². The first-order valence-electron chi connectivity index (χ1n) is 7.36. The van der Waals surface area contributed by atoms with Gasteiger partial charge in [0, 0.05) is 30.5 Å². The van der Waals surface area contributed by atoms with E-state index < -0.39 is 31.1 Å². The molecule has 3 rings (SSSR count). The lowest BCUT2D eigenvalue weighted by molar-refractivity contribution is -0.132. The number of hydrogen-bond donors (Lipinski definition) is 2. The van der Waals surface area contributed by atoms with Crippen molar-refractivity contribution in [3.05, 3.63) is 53.8 Å². The van der Waals surface area contributed by atoms with Crippen molar-refractivity contribution in [1.29, 1.82) is 0 Å². The van der Waals surface area contributed by atoms with Crippen LogP contribution in [0.5, 0.6) is 5.75 Å². The molecule has 2 aliphatic heterocycles. The first-order chi connectivity index (χ1) is 11.8. The normalized spacial score (nSPS) is 21.2. The third-order valence-corrected chi connectivity index (χ3v) is 3.43. The Morgan fingerprint density at radius 2 is 2.12 bits per heavy atom. The monoisotopic (exact) mass is 352 g/mol. The van der Waals surface area contributed by atoms with Crippen LogP contribution in [0.2, 0.25) is 0 Å². The summed E-state index contributed by atoms with van der Waals surface area (Å²) in [4.78, 5) is 3.99. The van der Waals surface area contributed by atoms with Crippen molar-refractivity contribution in [3.63, 3.8) is 0 Å². The number of halogens is 4. The molecule has 0 saturated heterocycles. The number of hydrogen-bond acceptors (Lipinski definition) is 5. The van der Waals surface area contributed by atoms with E-state index in [0.717, 1.165) is 0 Å². The zero-order valence-electron chi connectivity index (χ0n) is 12.8. The maximum Gasteiger partial charge on any atom is 0.390 e. The molecule has 0 amide bonds. The molecule has 2 heterocycles. The fraction of sp³-hybridized carbons (Fsp3) is 0.267. The molecule has 2 radical (unpaired) electrons. The fourth-order valence-corrected chi connectivity index (χ4v) is 2.32. The standard InChI is InChI=1S/C15H13BF4N4O/c16-12-8-22-14-11(21-5-4-15(18,19)20)7-13(23-24(12)14)25-10-3-1-2-9(17)6-10/h1-3,6-8,14,22-23H,4-5H2. The van der Waals surface area contributed by atoms with Gasteiger partial charge in [-0.25, -0.2) is 4.39 Å². The van der Waals surface area contributed by atoms with Crippen LogP contribution < -0.4 is 15.5 Å². The Labute approximate surface area is 142 Å². The van der Waals surface area contributed by atoms with Gasteiger partial charge in [0.2, 0.25) is 5.88 Å². The minimum atomic E-state index is -4.29. The molecule has 2 aliphatic rings. The summed E-state index contributed by atoms with van der Waals surface area (Å²) in [6.45, 7) is -0.422. The third-order valence-electron chi connectivity index (χ3n) is 3.43. The van der Waals surface area contributed by atoms with Gasteiger partial charge in [-0.1, -0.05) is 6.07 Å². The molecule has 0 spiro atoms. The zero-order chi connectivity index (χ0) is 18.0. The predicted octanol–water partition coefficient (Wildman–Crippen LogP) is 2.16. The van der Waals surface area contributed by atoms with Crippen LogP contribution in [0.15, 0.2) is 53.0 Å². The van der Waals surface area contributed by atoms with E-state index in [9.17, 15) is 17.6 Å². The molecule has 0 aromatic heterocycles. The maximum atomic E-state index is 13.3. The van der Waals surface area contributed by atoms with Gasteiger partial charge in [-0.15, -0.1) is 0 Å². The van der Waals surface area contributed by atoms with Crippen LogP contribution in [0.3, 0.4) is 0 Å². The number of hydrazine groups is 1. The Morgan fingerprint density at radius 3 is 2.84 bits per heavy atom. The van der Waals surface area contributed by atoms with E-state index in [4.69, 9.17) is 12.6 Å². The lowest BCUT2D eigenvalue weighted by atomic mass is 10.1. The average molecular weight is 352 g/mol. The van der Waals surface area contributed by atoms with Crippen molar-refractivity contribution in [1.82, 2.24) is 15.8 Å². The molecule has 0 bridgehead atoms. The predicted molar refractivity (Wildman–Crippen MR) is 83.8 cm³/mol. The molecule has 2 N–H and O–H groups in total. The number of rotatable bonds is 4. The lowest BCUT2D eigenvalue weighted by Crippen LogP contribution is -2.54. The average Bonchev–Trinajstić information content (AvgIpc) is 2.88. The summed E-state index contributed by atoms with van der Waals surface area (Å²) < 4.78 is 55.8. The van der Waals surface area contributed by atoms with E-state index in [-0.39, 0.29) is 11.6 Å². The molecule has 0 saturated carbocycles. The van der Waals surface area contributed by atoms with Crippen LogP contribution in [0.25, 0.3) is 0 Å². The van der Waals surface area contributed by atoms with Crippen molar-refractivity contribution in [2.75, 3.05) is 6.54 Å². The Hall–Kier alpha value is -2.65. The van der Waals surface area contributed by atoms with Gasteiger partial charge in [0.1, 0.15) is 19.4 Å². The van der Waals surface area contributed by atoms with Crippen molar-refractivity contribution >= 4 is 13.6 Å². The number of fused-ring (bicyclic) bond motifs is 1. The van der Waals surface area contributed by atoms with E-state index in [2.05, 4.69) is 15.7 Å². The van der Waals surface area contributed by atoms with Crippen molar-refractivity contribution in [2.45, 2.75) is 18.8 Å². The van der Waals surface area contributed by atoms with Gasteiger partial charge < -0.3 is 10.1 Å². The first-order valence-corrected chi connectivity index (χ1v) is 7.36. The molecule has 25 heavy (non-hydrogen) atoms. The van der Waals surface area contributed by atoms with Gasteiger partial charge in [-0.3, -0.25) is 15.4 Å². The van der Waals surface area contributed by atoms with Gasteiger partial charge in [0.15, 0.2) is 6.17 Å². The van der Waals surface area contributed by atoms with Gasteiger partial charge in [-0.05, 0) is 12.1 Å². The zero-order valence-corrected chi connectivity index (χ0v) is 12.8. The Balaban J connectivity index is 1.80. The van der Waals surface area contributed by atoms with E-state index in [1.54, 1.807) is 6.07 Å². The molecule has 10 heteroatoms. The largest absolute Gasteiger partial charge is 0.439 e. The highest BCUT2D eigenvalue weighted by Crippen LogP contribution is 2.22. The third kappa shape index (κ3) is 4.26. The summed E-state index contributed by atoms with van der Waals surface area (Å²) in [5, 5.41) is 4.36. The van der Waals surface area contributed by atoms with E-state index in [0.29, 0.717) is 11.3 Å². The van der Waals surface area contributed by atoms with Crippen LogP contribution in [0.4, 0.5) is 17.6 Å². The molecular weight excluding hydrogens is 339 g/mol. The second kappa shape index (κ2) is 6.69. The summed E-state index contributed by atoms with van der Waals surface area (Å²) in [5.41, 5.74) is 3.48. The number of alkyl halides is 3. The van der Waals surface area contributed by atoms with Gasteiger partial charge in [0.25, 0.3) is 0 Å². The van der Waals surface area contributed by atoms with Crippen LogP contribution in [-0.2, 0) is 0 Å². The van der Waals surface area contributed by atoms with E-state index in [1.165, 1.54) is 35.5 Å². The van der Waals surface area contributed by atoms with Crippen molar-refractivity contribution in [3.8, 4) is 5.75 Å². The highest BCUT2D eigenvalue weighted by molar-refractivity contribution is 6.22. The van der Waals surface area contributed by atoms with Crippen LogP contribution in [0, 0.1) is 5.82 Å². The highest BCUT2D eigenvalue weighted by atomic mass is 19.4. The van der Waals surface area contributed by atoms with Crippen molar-refractivity contribution in [2.24, 2.45) is 4.99 Å². The van der Waals surface area contributed by atoms with Gasteiger partial charge in [-0.2, -0.15) is 13.2 Å². The second-order valence-electron chi connectivity index (χ2n) is 5.36. The van der Waals surface area contributed by atoms with E-state index in [1.807, 2.05) is 0 Å². The topological polar surface area (TPSA) is 48.9 Å². The first kappa shape index (κ1) is 17.2. The number of nitrogens with one attached hydrogen (secondary N) is 2. The quantitative estimate of drug-likeness (QED) is 0.644. The second-order valence-corrected chi connectivity index (χ2v) is 5.36. The van der Waals surface area contributed by atoms with Crippen molar-refractivity contribution < 1.29 is 22.3 Å². The smallest absolute Gasteiger partial charge is 0.390 e. The molecule has 1 aromatic rings. The molecule has 130 valence electrons. The minimum absolute atomic E-state index is 0.160. The molecule has 5 nitrogen and oxygen atoms in total. The summed E-state index contributed by atoms with van der Waals surface area (Å²) in [5.74, 6) is -0.0951. The lowest BCUT2D eigenvalue weighted by Gasteiger charge is -2.34. The number of aliphatic imine (C=N–C) groups is 1. The van der Waals surface area contributed by atoms with E-state index >= 15 is 0 Å². The molecule has 1 aromatic carbocycles. The molecule has 0 fully saturated rings. The fourth-order valence-electron chi connectivity index (χ4n) is 2.32. The van der Waals surface area contributed by atoms with Gasteiger partial charge >= 0.3 is 6.18 Å². The molecular formula is C15H13BF4N4O. The SMILES string of the molecule is [B]C1=CNC2C(=NCCC(F)(F)F)C=C(Oc3cccc(F)c3)NN12. The summed E-state index contributed by atoms with van der Waals surface area (Å²) in [7, 11) is 5.81. The number of ether oxygens (including phenoxy) is 1. The minimum Gasteiger partial charge on any atom is -0.439 e. The Morgan fingerprint density at radius 1 is 1.32 bits per heavy atom. The number of nitrogens with zero attached hydrogens (tertiary/aromatic N) is 2. The number of benzene rings is 1. The summed E-state index contributed by atoms with van der Waals surface area (Å²) in [6, 6.07) is 5.46. The van der Waals surface area contributed by atoms with Crippen LogP contribution in [0.1, 0.15) is 6.42 Å². The molecule has 0 aliphatic carbocycles. The molecule has 1 atom stereocenters. The maximum absolute atomic E-state index is 13.3.